The molecule has 0 fully saturated rings. The second kappa shape index (κ2) is 10.1. The van der Waals surface area contributed by atoms with Crippen LogP contribution in [0.2, 0.25) is 5.02 Å². The van der Waals surface area contributed by atoms with Crippen molar-refractivity contribution in [3.8, 4) is 22.6 Å². The standard InChI is InChI=1S/C26H24ClNO6/c1-32-23-12-15(11-21(27)25(23)33-2)22(13-24(29)30)28-26(31)34-14-20-18-9-5-3-7-16(18)17-8-4-6-10-19(17)20/h3-12,20,22H,13-14H2,1-2H3,(H,28,31)(H,29,30)/t22-/m1/s1. The van der Waals surface area contributed by atoms with Crippen molar-refractivity contribution < 1.29 is 28.9 Å². The van der Waals surface area contributed by atoms with Crippen LogP contribution in [0.5, 0.6) is 11.5 Å². The van der Waals surface area contributed by atoms with Crippen LogP contribution in [0.25, 0.3) is 11.1 Å². The van der Waals surface area contributed by atoms with E-state index in [2.05, 4.69) is 17.4 Å². The fourth-order valence-electron chi connectivity index (χ4n) is 4.35. The molecule has 1 amide bonds. The van der Waals surface area contributed by atoms with Gasteiger partial charge in [0.15, 0.2) is 11.5 Å². The van der Waals surface area contributed by atoms with Crippen LogP contribution in [0.15, 0.2) is 60.7 Å². The van der Waals surface area contributed by atoms with Crippen LogP contribution < -0.4 is 14.8 Å². The number of benzene rings is 3. The van der Waals surface area contributed by atoms with Crippen molar-refractivity contribution in [2.45, 2.75) is 18.4 Å². The Balaban J connectivity index is 1.52. The number of halogens is 1. The summed E-state index contributed by atoms with van der Waals surface area (Å²) in [5.74, 6) is -0.542. The summed E-state index contributed by atoms with van der Waals surface area (Å²) in [6.45, 7) is 0.117. The molecule has 34 heavy (non-hydrogen) atoms. The fourth-order valence-corrected chi connectivity index (χ4v) is 4.64. The number of fused-ring (bicyclic) bond motifs is 3. The summed E-state index contributed by atoms with van der Waals surface area (Å²) in [6, 6.07) is 18.3. The minimum Gasteiger partial charge on any atom is -0.493 e. The van der Waals surface area contributed by atoms with Crippen LogP contribution in [0, 0.1) is 0 Å². The number of ether oxygens (including phenoxy) is 3. The van der Waals surface area contributed by atoms with Gasteiger partial charge in [0.05, 0.1) is 31.7 Å². The van der Waals surface area contributed by atoms with Gasteiger partial charge in [0.2, 0.25) is 0 Å². The number of carbonyl (C=O) groups is 2. The Bertz CT molecular complexity index is 1180. The zero-order valence-corrected chi connectivity index (χ0v) is 19.5. The Morgan fingerprint density at radius 2 is 1.62 bits per heavy atom. The molecule has 0 saturated heterocycles. The maximum atomic E-state index is 12.7. The monoisotopic (exact) mass is 481 g/mol. The van der Waals surface area contributed by atoms with Gasteiger partial charge in [0.1, 0.15) is 6.61 Å². The Morgan fingerprint density at radius 3 is 2.18 bits per heavy atom. The van der Waals surface area contributed by atoms with E-state index in [1.807, 2.05) is 36.4 Å². The lowest BCUT2D eigenvalue weighted by Gasteiger charge is -2.21. The van der Waals surface area contributed by atoms with Gasteiger partial charge in [0.25, 0.3) is 0 Å². The van der Waals surface area contributed by atoms with E-state index in [-0.39, 0.29) is 24.0 Å². The highest BCUT2D eigenvalue weighted by molar-refractivity contribution is 6.32. The molecule has 176 valence electrons. The average Bonchev–Trinajstić information content (AvgIpc) is 3.15. The highest BCUT2D eigenvalue weighted by Crippen LogP contribution is 2.44. The van der Waals surface area contributed by atoms with Gasteiger partial charge in [-0.25, -0.2) is 4.79 Å². The maximum Gasteiger partial charge on any atom is 0.407 e. The molecule has 1 aliphatic carbocycles. The SMILES string of the molecule is COc1cc([C@@H](CC(=O)O)NC(=O)OCC2c3ccccc3-c3ccccc32)cc(Cl)c1OC. The molecule has 3 aromatic rings. The summed E-state index contributed by atoms with van der Waals surface area (Å²) in [7, 11) is 2.90. The zero-order valence-electron chi connectivity index (χ0n) is 18.7. The van der Waals surface area contributed by atoms with Crippen molar-refractivity contribution in [3.63, 3.8) is 0 Å². The van der Waals surface area contributed by atoms with Crippen molar-refractivity contribution in [1.82, 2.24) is 5.32 Å². The minimum atomic E-state index is -1.09. The average molecular weight is 482 g/mol. The number of alkyl carbamates (subject to hydrolysis) is 1. The van der Waals surface area contributed by atoms with E-state index in [1.165, 1.54) is 14.2 Å². The number of nitrogens with one attached hydrogen (secondary N) is 1. The molecular formula is C26H24ClNO6. The van der Waals surface area contributed by atoms with Crippen molar-refractivity contribution in [1.29, 1.82) is 0 Å². The molecule has 3 aromatic carbocycles. The largest absolute Gasteiger partial charge is 0.493 e. The third-order valence-electron chi connectivity index (χ3n) is 5.87. The number of hydrogen-bond donors (Lipinski definition) is 2. The summed E-state index contributed by atoms with van der Waals surface area (Å²) in [5.41, 5.74) is 4.88. The molecule has 8 heteroatoms. The molecule has 0 unspecified atom stereocenters. The second-order valence-corrected chi connectivity index (χ2v) is 8.27. The first-order valence-electron chi connectivity index (χ1n) is 10.7. The normalized spacial score (nSPS) is 12.9. The van der Waals surface area contributed by atoms with Gasteiger partial charge in [-0.1, -0.05) is 60.1 Å². The molecule has 0 aromatic heterocycles. The number of amides is 1. The lowest BCUT2D eigenvalue weighted by Crippen LogP contribution is -2.31. The molecule has 0 saturated carbocycles. The first-order chi connectivity index (χ1) is 16.4. The number of rotatable bonds is 8. The van der Waals surface area contributed by atoms with E-state index >= 15 is 0 Å². The van der Waals surface area contributed by atoms with Gasteiger partial charge in [0, 0.05) is 5.92 Å². The van der Waals surface area contributed by atoms with Gasteiger partial charge >= 0.3 is 12.1 Å². The van der Waals surface area contributed by atoms with E-state index in [1.54, 1.807) is 12.1 Å². The summed E-state index contributed by atoms with van der Waals surface area (Å²) >= 11 is 6.28. The van der Waals surface area contributed by atoms with E-state index in [0.717, 1.165) is 22.3 Å². The first-order valence-corrected chi connectivity index (χ1v) is 11.1. The van der Waals surface area contributed by atoms with E-state index in [4.69, 9.17) is 25.8 Å². The van der Waals surface area contributed by atoms with Crippen molar-refractivity contribution in [2.75, 3.05) is 20.8 Å². The molecule has 0 radical (unpaired) electrons. The molecule has 0 spiro atoms. The number of carboxylic acids is 1. The first kappa shape index (κ1) is 23.4. The van der Waals surface area contributed by atoms with Crippen LogP contribution in [-0.4, -0.2) is 38.0 Å². The molecule has 2 N–H and O–H groups in total. The number of methoxy groups -OCH3 is 2. The molecule has 0 heterocycles. The molecule has 1 atom stereocenters. The molecule has 7 nitrogen and oxygen atoms in total. The van der Waals surface area contributed by atoms with Gasteiger partial charge in [-0.2, -0.15) is 0 Å². The van der Waals surface area contributed by atoms with Crippen molar-refractivity contribution in [3.05, 3.63) is 82.4 Å². The molecule has 4 rings (SSSR count). The number of aliphatic carboxylic acids is 1. The lowest BCUT2D eigenvalue weighted by molar-refractivity contribution is -0.137. The van der Waals surface area contributed by atoms with E-state index < -0.39 is 18.1 Å². The summed E-state index contributed by atoms with van der Waals surface area (Å²) < 4.78 is 16.1. The lowest BCUT2D eigenvalue weighted by atomic mass is 9.98. The Labute approximate surface area is 202 Å². The van der Waals surface area contributed by atoms with Crippen molar-refractivity contribution in [2.24, 2.45) is 0 Å². The smallest absolute Gasteiger partial charge is 0.407 e. The van der Waals surface area contributed by atoms with Gasteiger partial charge < -0.3 is 24.6 Å². The maximum absolute atomic E-state index is 12.7. The summed E-state index contributed by atoms with van der Waals surface area (Å²) in [6.07, 6.45) is -1.09. The number of hydrogen-bond acceptors (Lipinski definition) is 5. The predicted octanol–water partition coefficient (Wildman–Crippen LogP) is 5.41. The van der Waals surface area contributed by atoms with Crippen LogP contribution in [-0.2, 0) is 9.53 Å². The third kappa shape index (κ3) is 4.65. The van der Waals surface area contributed by atoms with Gasteiger partial charge in [-0.15, -0.1) is 0 Å². The van der Waals surface area contributed by atoms with Crippen LogP contribution in [0.4, 0.5) is 4.79 Å². The number of carboxylic acid groups (broad SMARTS) is 1. The van der Waals surface area contributed by atoms with E-state index in [9.17, 15) is 14.7 Å². The van der Waals surface area contributed by atoms with Crippen LogP contribution in [0.1, 0.15) is 35.1 Å². The minimum absolute atomic E-state index is 0.105. The molecule has 0 bridgehead atoms. The molecule has 1 aliphatic rings. The fraction of sp³-hybridized carbons (Fsp3) is 0.231. The zero-order chi connectivity index (χ0) is 24.2. The molecule has 0 aliphatic heterocycles. The Kier molecular flexibility index (Phi) is 6.93. The third-order valence-corrected chi connectivity index (χ3v) is 6.15. The summed E-state index contributed by atoms with van der Waals surface area (Å²) in [5, 5.41) is 12.3. The van der Waals surface area contributed by atoms with Gasteiger partial charge in [-0.3, -0.25) is 4.79 Å². The van der Waals surface area contributed by atoms with Crippen LogP contribution in [0.3, 0.4) is 0 Å². The van der Waals surface area contributed by atoms with Gasteiger partial charge in [-0.05, 0) is 39.9 Å². The Hall–Kier alpha value is -3.71. The van der Waals surface area contributed by atoms with E-state index in [0.29, 0.717) is 17.1 Å². The highest BCUT2D eigenvalue weighted by atomic mass is 35.5. The molecular weight excluding hydrogens is 458 g/mol. The topological polar surface area (TPSA) is 94.1 Å². The van der Waals surface area contributed by atoms with Crippen LogP contribution >= 0.6 is 11.6 Å². The summed E-state index contributed by atoms with van der Waals surface area (Å²) in [4.78, 5) is 24.2. The second-order valence-electron chi connectivity index (χ2n) is 7.86. The quantitative estimate of drug-likeness (QED) is 0.446. The Morgan fingerprint density at radius 1 is 1.00 bits per heavy atom. The highest BCUT2D eigenvalue weighted by Gasteiger charge is 2.29. The predicted molar refractivity (Wildman–Crippen MR) is 128 cm³/mol. The number of carbonyl (C=O) groups excluding carboxylic acids is 1. The van der Waals surface area contributed by atoms with Crippen molar-refractivity contribution >= 4 is 23.7 Å².